The van der Waals surface area contributed by atoms with E-state index in [1.807, 2.05) is 53.1 Å². The summed E-state index contributed by atoms with van der Waals surface area (Å²) in [5.74, 6) is 6.75. The number of carbonyl (C=O) groups is 2. The van der Waals surface area contributed by atoms with Crippen molar-refractivity contribution in [2.75, 3.05) is 13.2 Å². The third kappa shape index (κ3) is 10.4. The number of para-hydroxylation sites is 1. The van der Waals surface area contributed by atoms with Gasteiger partial charge < -0.3 is 29.4 Å². The van der Waals surface area contributed by atoms with Crippen molar-refractivity contribution in [1.29, 1.82) is 0 Å². The lowest BCUT2D eigenvalue weighted by Gasteiger charge is -2.19. The number of hydrogen-bond donors (Lipinski definition) is 2. The number of aromatic nitrogens is 2. The van der Waals surface area contributed by atoms with Gasteiger partial charge in [0.1, 0.15) is 24.8 Å². The molecule has 0 atom stereocenters. The van der Waals surface area contributed by atoms with Gasteiger partial charge in [0.15, 0.2) is 0 Å². The Morgan fingerprint density at radius 1 is 1.00 bits per heavy atom. The fraction of sp³-hybridized carbons (Fsp3) is 0.433. The van der Waals surface area contributed by atoms with Gasteiger partial charge in [0.05, 0.1) is 29.7 Å². The lowest BCUT2D eigenvalue weighted by molar-refractivity contribution is 0.0535. The highest BCUT2D eigenvalue weighted by Crippen LogP contribution is 2.21. The van der Waals surface area contributed by atoms with Crippen LogP contribution in [0.1, 0.15) is 37.7 Å². The van der Waals surface area contributed by atoms with E-state index in [-0.39, 0.29) is 26.4 Å². The summed E-state index contributed by atoms with van der Waals surface area (Å²) in [4.78, 5) is 29.1. The van der Waals surface area contributed by atoms with Gasteiger partial charge in [-0.2, -0.15) is 0 Å². The van der Waals surface area contributed by atoms with E-state index in [1.165, 1.54) is 0 Å². The molecule has 0 unspecified atom stereocenters. The maximum absolute atomic E-state index is 12.4. The number of fused-ring (bicyclic) bond motifs is 1. The minimum absolute atomic E-state index is 0.133. The predicted octanol–water partition coefficient (Wildman–Crippen LogP) is 5.65. The van der Waals surface area contributed by atoms with E-state index in [2.05, 4.69) is 42.1 Å². The van der Waals surface area contributed by atoms with Crippen LogP contribution in [0.15, 0.2) is 48.5 Å². The van der Waals surface area contributed by atoms with Gasteiger partial charge in [-0.25, -0.2) is 14.6 Å². The largest absolute Gasteiger partial charge is 0.445 e. The summed E-state index contributed by atoms with van der Waals surface area (Å²) in [5, 5.41) is 5.45. The van der Waals surface area contributed by atoms with Crippen molar-refractivity contribution in [3.05, 3.63) is 65.5 Å². The van der Waals surface area contributed by atoms with Crippen molar-refractivity contribution in [2.45, 2.75) is 71.9 Å². The molecular formula is C30H40N4O5Si. The number of rotatable bonds is 10. The molecule has 40 heavy (non-hydrogen) atoms. The first-order valence-corrected chi connectivity index (χ1v) is 17.1. The molecule has 0 fully saturated rings. The van der Waals surface area contributed by atoms with E-state index in [0.717, 1.165) is 28.2 Å². The summed E-state index contributed by atoms with van der Waals surface area (Å²) in [6, 6.07) is 16.2. The third-order valence-electron chi connectivity index (χ3n) is 5.61. The number of nitrogens with zero attached hydrogens (tertiary/aromatic N) is 2. The molecule has 10 heteroatoms. The van der Waals surface area contributed by atoms with Crippen LogP contribution < -0.4 is 10.6 Å². The van der Waals surface area contributed by atoms with Crippen molar-refractivity contribution in [1.82, 2.24) is 20.2 Å². The van der Waals surface area contributed by atoms with Gasteiger partial charge in [-0.3, -0.25) is 0 Å². The van der Waals surface area contributed by atoms with Gasteiger partial charge >= 0.3 is 12.2 Å². The number of carbonyl (C=O) groups excluding carboxylic acids is 2. The molecule has 1 aromatic heterocycles. The molecule has 2 amide bonds. The molecular weight excluding hydrogens is 524 g/mol. The van der Waals surface area contributed by atoms with Crippen LogP contribution in [0.4, 0.5) is 9.59 Å². The molecule has 0 bridgehead atoms. The first-order chi connectivity index (χ1) is 18.9. The van der Waals surface area contributed by atoms with Crippen LogP contribution in [0, 0.1) is 11.8 Å². The second-order valence-electron chi connectivity index (χ2n) is 11.5. The predicted molar refractivity (Wildman–Crippen MR) is 158 cm³/mol. The van der Waals surface area contributed by atoms with E-state index >= 15 is 0 Å². The Morgan fingerprint density at radius 3 is 2.45 bits per heavy atom. The maximum atomic E-state index is 12.4. The Morgan fingerprint density at radius 2 is 1.75 bits per heavy atom. The number of hydrogen-bond acceptors (Lipinski definition) is 6. The highest BCUT2D eigenvalue weighted by Gasteiger charge is 2.17. The number of alkyl carbamates (subject to hydrolysis) is 2. The van der Waals surface area contributed by atoms with Crippen LogP contribution in [0.25, 0.3) is 11.0 Å². The molecule has 0 aliphatic carbocycles. The van der Waals surface area contributed by atoms with Crippen molar-refractivity contribution < 1.29 is 23.8 Å². The topological polar surface area (TPSA) is 104 Å². The number of benzene rings is 2. The van der Waals surface area contributed by atoms with Gasteiger partial charge in [-0.15, -0.1) is 0 Å². The van der Waals surface area contributed by atoms with Crippen LogP contribution in [0.3, 0.4) is 0 Å². The average Bonchev–Trinajstić information content (AvgIpc) is 3.24. The minimum atomic E-state index is -1.26. The SMILES string of the molecule is CC(C)(C)OC(=O)NCC#Cc1cccc2nc(CNC(=O)OCc3ccccc3)n(COCC[Si](C)(C)C)c12. The zero-order chi connectivity index (χ0) is 29.2. The highest BCUT2D eigenvalue weighted by molar-refractivity contribution is 6.76. The lowest BCUT2D eigenvalue weighted by Crippen LogP contribution is -2.32. The zero-order valence-electron chi connectivity index (χ0n) is 24.3. The minimum Gasteiger partial charge on any atom is -0.445 e. The van der Waals surface area contributed by atoms with Gasteiger partial charge in [0.2, 0.25) is 0 Å². The molecule has 1 heterocycles. The Balaban J connectivity index is 1.75. The average molecular weight is 565 g/mol. The molecule has 2 N–H and O–H groups in total. The standard InChI is InChI=1S/C30H40N4O5Si/c1-30(2,3)39-29(36)31-17-11-15-24-14-10-16-25-27(24)34(22-37-18-19-40(4,5)6)26(33-25)20-32-28(35)38-21-23-12-8-7-9-13-23/h7-10,12-14,16H,17-22H2,1-6H3,(H,31,36)(H,32,35). The normalized spacial score (nSPS) is 11.4. The molecule has 2 aromatic carbocycles. The summed E-state index contributed by atoms with van der Waals surface area (Å²) in [5.41, 5.74) is 2.60. The molecule has 0 saturated heterocycles. The van der Waals surface area contributed by atoms with Gasteiger partial charge in [-0.1, -0.05) is 67.9 Å². The van der Waals surface area contributed by atoms with Crippen LogP contribution in [-0.2, 0) is 34.1 Å². The maximum Gasteiger partial charge on any atom is 0.408 e. The van der Waals surface area contributed by atoms with Crippen LogP contribution in [0.5, 0.6) is 0 Å². The molecule has 0 saturated carbocycles. The highest BCUT2D eigenvalue weighted by atomic mass is 28.3. The monoisotopic (exact) mass is 564 g/mol. The number of nitrogens with one attached hydrogen (secondary N) is 2. The van der Waals surface area contributed by atoms with Crippen molar-refractivity contribution in [2.24, 2.45) is 0 Å². The van der Waals surface area contributed by atoms with E-state index in [9.17, 15) is 9.59 Å². The fourth-order valence-corrected chi connectivity index (χ4v) is 4.39. The Hall–Kier alpha value is -3.81. The van der Waals surface area contributed by atoms with E-state index < -0.39 is 25.9 Å². The quantitative estimate of drug-likeness (QED) is 0.187. The van der Waals surface area contributed by atoms with Gasteiger partial charge in [-0.05, 0) is 44.5 Å². The molecule has 0 spiro atoms. The fourth-order valence-electron chi connectivity index (χ4n) is 3.64. The molecule has 3 rings (SSSR count). The Bertz CT molecular complexity index is 1350. The van der Waals surface area contributed by atoms with Crippen LogP contribution in [0.2, 0.25) is 25.7 Å². The van der Waals surface area contributed by atoms with E-state index in [1.54, 1.807) is 20.8 Å². The molecule has 0 radical (unpaired) electrons. The smallest absolute Gasteiger partial charge is 0.408 e. The molecule has 0 aliphatic rings. The molecule has 9 nitrogen and oxygen atoms in total. The van der Waals surface area contributed by atoms with Crippen LogP contribution in [-0.4, -0.2) is 48.6 Å². The third-order valence-corrected chi connectivity index (χ3v) is 7.31. The van der Waals surface area contributed by atoms with E-state index in [4.69, 9.17) is 19.2 Å². The summed E-state index contributed by atoms with van der Waals surface area (Å²) < 4.78 is 18.6. The summed E-state index contributed by atoms with van der Waals surface area (Å²) in [6.07, 6.45) is -1.05. The number of amides is 2. The Kier molecular flexibility index (Phi) is 10.8. The first-order valence-electron chi connectivity index (χ1n) is 13.4. The Labute approximate surface area is 237 Å². The van der Waals surface area contributed by atoms with Crippen molar-refractivity contribution in [3.63, 3.8) is 0 Å². The summed E-state index contributed by atoms with van der Waals surface area (Å²) >= 11 is 0. The molecule has 0 aliphatic heterocycles. The van der Waals surface area contributed by atoms with Gasteiger partial charge in [0.25, 0.3) is 0 Å². The number of ether oxygens (including phenoxy) is 3. The first kappa shape index (κ1) is 30.7. The summed E-state index contributed by atoms with van der Waals surface area (Å²) in [6.45, 7) is 13.7. The second kappa shape index (κ2) is 14.0. The molecule has 3 aromatic rings. The summed E-state index contributed by atoms with van der Waals surface area (Å²) in [7, 11) is -1.26. The lowest BCUT2D eigenvalue weighted by atomic mass is 10.2. The van der Waals surface area contributed by atoms with Crippen LogP contribution >= 0.6 is 0 Å². The second-order valence-corrected chi connectivity index (χ2v) is 17.2. The van der Waals surface area contributed by atoms with Crippen molar-refractivity contribution in [3.8, 4) is 11.8 Å². The van der Waals surface area contributed by atoms with E-state index in [0.29, 0.717) is 12.4 Å². The zero-order valence-corrected chi connectivity index (χ0v) is 25.3. The van der Waals surface area contributed by atoms with Crippen molar-refractivity contribution >= 4 is 31.3 Å². The molecule has 214 valence electrons. The number of imidazole rings is 1. The van der Waals surface area contributed by atoms with Gasteiger partial charge in [0, 0.05) is 14.7 Å².